The molecule has 0 spiro atoms. The topological polar surface area (TPSA) is 73.5 Å². The Morgan fingerprint density at radius 2 is 1.68 bits per heavy atom. The van der Waals surface area contributed by atoms with E-state index >= 15 is 0 Å². The maximum Gasteiger partial charge on any atom is 0.418 e. The molecule has 0 bridgehead atoms. The normalized spacial score (nSPS) is 13.9. The Balaban J connectivity index is 1.81. The molecule has 0 saturated carbocycles. The predicted octanol–water partition coefficient (Wildman–Crippen LogP) is 5.09. The average molecular weight is 434 g/mol. The first kappa shape index (κ1) is 22.5. The van der Waals surface area contributed by atoms with Crippen LogP contribution in [-0.4, -0.2) is 31.1 Å². The number of hydrogen-bond donors (Lipinski definition) is 3. The Morgan fingerprint density at radius 3 is 2.32 bits per heavy atom. The van der Waals surface area contributed by atoms with E-state index in [0.717, 1.165) is 37.7 Å². The van der Waals surface area contributed by atoms with Crippen LogP contribution < -0.4 is 20.9 Å². The molecular weight excluding hydrogens is 409 g/mol. The number of carbonyl (C=O) groups is 2. The smallest absolute Gasteiger partial charge is 0.371 e. The molecule has 3 amide bonds. The van der Waals surface area contributed by atoms with Crippen LogP contribution in [0, 0.1) is 0 Å². The Labute approximate surface area is 178 Å². The summed E-state index contributed by atoms with van der Waals surface area (Å²) in [5.74, 6) is -0.275. The summed E-state index contributed by atoms with van der Waals surface area (Å²) in [7, 11) is 0. The zero-order chi connectivity index (χ0) is 22.6. The van der Waals surface area contributed by atoms with Gasteiger partial charge in [-0.2, -0.15) is 13.2 Å². The van der Waals surface area contributed by atoms with Crippen molar-refractivity contribution in [2.45, 2.75) is 38.9 Å². The molecule has 1 fully saturated rings. The van der Waals surface area contributed by atoms with Crippen LogP contribution in [0.25, 0.3) is 0 Å². The fourth-order valence-electron chi connectivity index (χ4n) is 3.49. The molecule has 2 aromatic carbocycles. The van der Waals surface area contributed by atoms with Crippen molar-refractivity contribution in [3.05, 3.63) is 53.6 Å². The second kappa shape index (κ2) is 9.28. The first-order valence-electron chi connectivity index (χ1n) is 10.1. The summed E-state index contributed by atoms with van der Waals surface area (Å²) < 4.78 is 39.4. The third-order valence-electron chi connectivity index (χ3n) is 4.85. The molecule has 0 unspecified atom stereocenters. The van der Waals surface area contributed by atoms with Crippen molar-refractivity contribution in [1.29, 1.82) is 0 Å². The van der Waals surface area contributed by atoms with Crippen molar-refractivity contribution in [2.24, 2.45) is 0 Å². The Hall–Kier alpha value is -3.23. The van der Waals surface area contributed by atoms with E-state index in [0.29, 0.717) is 11.3 Å². The Morgan fingerprint density at radius 1 is 1.00 bits per heavy atom. The number of alkyl halides is 3. The largest absolute Gasteiger partial charge is 0.418 e. The number of carbonyl (C=O) groups excluding carboxylic acids is 2. The SMILES string of the molecule is CC(C)NC(=O)c1cc(NC(=O)Nc2ccccc2C(F)(F)F)ccc1N1CCCC1. The van der Waals surface area contributed by atoms with Crippen LogP contribution in [-0.2, 0) is 6.18 Å². The summed E-state index contributed by atoms with van der Waals surface area (Å²) in [6.07, 6.45) is -2.53. The van der Waals surface area contributed by atoms with Gasteiger partial charge in [-0.25, -0.2) is 4.79 Å². The van der Waals surface area contributed by atoms with E-state index in [-0.39, 0.29) is 17.6 Å². The third kappa shape index (κ3) is 5.68. The minimum atomic E-state index is -4.59. The molecule has 0 aliphatic carbocycles. The number of benzene rings is 2. The summed E-state index contributed by atoms with van der Waals surface area (Å²) in [5, 5.41) is 7.60. The summed E-state index contributed by atoms with van der Waals surface area (Å²) in [5.41, 5.74) is 0.192. The molecule has 1 saturated heterocycles. The first-order chi connectivity index (χ1) is 14.6. The summed E-state index contributed by atoms with van der Waals surface area (Å²) in [6.45, 7) is 5.37. The summed E-state index contributed by atoms with van der Waals surface area (Å²) >= 11 is 0. The number of hydrogen-bond acceptors (Lipinski definition) is 3. The molecule has 1 heterocycles. The molecule has 2 aromatic rings. The number of nitrogens with zero attached hydrogens (tertiary/aromatic N) is 1. The fraction of sp³-hybridized carbons (Fsp3) is 0.364. The van der Waals surface area contributed by atoms with Crippen molar-refractivity contribution in [2.75, 3.05) is 28.6 Å². The maximum absolute atomic E-state index is 13.1. The van der Waals surface area contributed by atoms with Crippen LogP contribution in [0.15, 0.2) is 42.5 Å². The molecule has 0 atom stereocenters. The molecule has 3 N–H and O–H groups in total. The van der Waals surface area contributed by atoms with Gasteiger partial charge in [0.1, 0.15) is 0 Å². The lowest BCUT2D eigenvalue weighted by Crippen LogP contribution is -2.32. The molecule has 1 aliphatic heterocycles. The second-order valence-corrected chi connectivity index (χ2v) is 7.68. The molecule has 0 aromatic heterocycles. The number of anilines is 3. The molecule has 1 aliphatic rings. The standard InChI is InChI=1S/C22H25F3N4O2/c1-14(2)26-20(30)16-13-15(9-10-19(16)29-11-5-6-12-29)27-21(31)28-18-8-4-3-7-17(18)22(23,24)25/h3-4,7-10,13-14H,5-6,11-12H2,1-2H3,(H,26,30)(H2,27,28,31). The van der Waals surface area contributed by atoms with Crippen LogP contribution in [0.5, 0.6) is 0 Å². The molecule has 31 heavy (non-hydrogen) atoms. The van der Waals surface area contributed by atoms with Crippen molar-refractivity contribution in [3.8, 4) is 0 Å². The average Bonchev–Trinajstić information content (AvgIpc) is 3.21. The highest BCUT2D eigenvalue weighted by Crippen LogP contribution is 2.34. The summed E-state index contributed by atoms with van der Waals surface area (Å²) in [6, 6.07) is 8.76. The number of urea groups is 1. The molecule has 3 rings (SSSR count). The zero-order valence-corrected chi connectivity index (χ0v) is 17.3. The molecule has 6 nitrogen and oxygen atoms in total. The van der Waals surface area contributed by atoms with E-state index < -0.39 is 17.8 Å². The lowest BCUT2D eigenvalue weighted by Gasteiger charge is -2.22. The van der Waals surface area contributed by atoms with Crippen LogP contribution in [0.2, 0.25) is 0 Å². The van der Waals surface area contributed by atoms with E-state index in [9.17, 15) is 22.8 Å². The monoisotopic (exact) mass is 434 g/mol. The highest BCUT2D eigenvalue weighted by atomic mass is 19.4. The second-order valence-electron chi connectivity index (χ2n) is 7.68. The van der Waals surface area contributed by atoms with Crippen LogP contribution in [0.3, 0.4) is 0 Å². The number of para-hydroxylation sites is 1. The van der Waals surface area contributed by atoms with Gasteiger partial charge in [-0.1, -0.05) is 12.1 Å². The third-order valence-corrected chi connectivity index (χ3v) is 4.85. The van der Waals surface area contributed by atoms with Crippen molar-refractivity contribution in [3.63, 3.8) is 0 Å². The maximum atomic E-state index is 13.1. The molecular formula is C22H25F3N4O2. The fourth-order valence-corrected chi connectivity index (χ4v) is 3.49. The van der Waals surface area contributed by atoms with Gasteiger partial charge in [0.15, 0.2) is 0 Å². The lowest BCUT2D eigenvalue weighted by atomic mass is 10.1. The van der Waals surface area contributed by atoms with E-state index in [1.807, 2.05) is 13.8 Å². The van der Waals surface area contributed by atoms with Gasteiger partial charge in [-0.15, -0.1) is 0 Å². The highest BCUT2D eigenvalue weighted by Gasteiger charge is 2.33. The quantitative estimate of drug-likeness (QED) is 0.614. The molecule has 166 valence electrons. The van der Waals surface area contributed by atoms with Crippen LogP contribution in [0.4, 0.5) is 35.0 Å². The van der Waals surface area contributed by atoms with Gasteiger partial charge in [0, 0.05) is 30.5 Å². The molecule has 0 radical (unpaired) electrons. The number of amides is 3. The van der Waals surface area contributed by atoms with Gasteiger partial charge in [-0.3, -0.25) is 4.79 Å². The van der Waals surface area contributed by atoms with Gasteiger partial charge < -0.3 is 20.9 Å². The van der Waals surface area contributed by atoms with Gasteiger partial charge in [-0.05, 0) is 57.0 Å². The van der Waals surface area contributed by atoms with Crippen molar-refractivity contribution < 1.29 is 22.8 Å². The van der Waals surface area contributed by atoms with Crippen molar-refractivity contribution in [1.82, 2.24) is 5.32 Å². The first-order valence-corrected chi connectivity index (χ1v) is 10.1. The number of rotatable bonds is 5. The lowest BCUT2D eigenvalue weighted by molar-refractivity contribution is -0.136. The van der Waals surface area contributed by atoms with E-state index in [1.165, 1.54) is 18.2 Å². The Kier molecular flexibility index (Phi) is 6.72. The predicted molar refractivity (Wildman–Crippen MR) is 115 cm³/mol. The Bertz CT molecular complexity index is 954. The van der Waals surface area contributed by atoms with E-state index in [4.69, 9.17) is 0 Å². The highest BCUT2D eigenvalue weighted by molar-refractivity contribution is 6.04. The number of halogens is 3. The van der Waals surface area contributed by atoms with Gasteiger partial charge in [0.2, 0.25) is 0 Å². The molecule has 9 heteroatoms. The zero-order valence-electron chi connectivity index (χ0n) is 17.3. The van der Waals surface area contributed by atoms with Gasteiger partial charge >= 0.3 is 12.2 Å². The minimum Gasteiger partial charge on any atom is -0.371 e. The summed E-state index contributed by atoms with van der Waals surface area (Å²) in [4.78, 5) is 27.2. The van der Waals surface area contributed by atoms with Gasteiger partial charge in [0.25, 0.3) is 5.91 Å². The number of nitrogens with one attached hydrogen (secondary N) is 3. The van der Waals surface area contributed by atoms with Gasteiger partial charge in [0.05, 0.1) is 16.8 Å². The van der Waals surface area contributed by atoms with E-state index in [2.05, 4.69) is 20.9 Å². The van der Waals surface area contributed by atoms with Crippen LogP contribution in [0.1, 0.15) is 42.6 Å². The van der Waals surface area contributed by atoms with E-state index in [1.54, 1.807) is 18.2 Å². The minimum absolute atomic E-state index is 0.0716. The van der Waals surface area contributed by atoms with Crippen molar-refractivity contribution >= 4 is 29.0 Å². The van der Waals surface area contributed by atoms with Crippen LogP contribution >= 0.6 is 0 Å².